The highest BCUT2D eigenvalue weighted by molar-refractivity contribution is 5.74. The number of carboxylic acids is 1. The van der Waals surface area contributed by atoms with Gasteiger partial charge in [-0.2, -0.15) is 0 Å². The summed E-state index contributed by atoms with van der Waals surface area (Å²) in [6, 6.07) is 6.01. The van der Waals surface area contributed by atoms with Gasteiger partial charge in [0.15, 0.2) is 0 Å². The van der Waals surface area contributed by atoms with Crippen molar-refractivity contribution < 1.29 is 18.8 Å². The Balaban J connectivity index is 2.45. The molecule has 0 aliphatic rings. The van der Waals surface area contributed by atoms with Crippen molar-refractivity contribution in [3.63, 3.8) is 0 Å². The summed E-state index contributed by atoms with van der Waals surface area (Å²) in [5, 5.41) is 12.3. The minimum Gasteiger partial charge on any atom is -0.481 e. The lowest BCUT2D eigenvalue weighted by Crippen LogP contribution is -2.00. The van der Waals surface area contributed by atoms with Gasteiger partial charge in [0, 0.05) is 11.1 Å². The van der Waals surface area contributed by atoms with Crippen molar-refractivity contribution in [3.05, 3.63) is 41.9 Å². The molecule has 2 rings (SSSR count). The van der Waals surface area contributed by atoms with E-state index in [1.165, 1.54) is 18.4 Å². The molecule has 0 spiro atoms. The molecule has 0 atom stereocenters. The molecular weight excluding hydrogens is 213 g/mol. The molecule has 5 heteroatoms. The molecule has 0 radical (unpaired) electrons. The Morgan fingerprint density at radius 1 is 1.44 bits per heavy atom. The van der Waals surface area contributed by atoms with Crippen LogP contribution in [0.1, 0.15) is 5.56 Å². The van der Waals surface area contributed by atoms with Gasteiger partial charge in [-0.25, -0.2) is 4.39 Å². The molecule has 0 fully saturated rings. The van der Waals surface area contributed by atoms with E-state index in [-0.39, 0.29) is 17.7 Å². The van der Waals surface area contributed by atoms with E-state index in [1.807, 2.05) is 0 Å². The number of carbonyl (C=O) groups is 1. The van der Waals surface area contributed by atoms with Crippen LogP contribution in [0.3, 0.4) is 0 Å². The minimum absolute atomic E-state index is 0.237. The molecule has 0 amide bonds. The van der Waals surface area contributed by atoms with Crippen molar-refractivity contribution in [1.29, 1.82) is 0 Å². The van der Waals surface area contributed by atoms with Crippen molar-refractivity contribution >= 4 is 5.97 Å². The van der Waals surface area contributed by atoms with Gasteiger partial charge in [0.2, 0.25) is 0 Å². The molecule has 82 valence electrons. The smallest absolute Gasteiger partial charge is 0.308 e. The monoisotopic (exact) mass is 221 g/mol. The second kappa shape index (κ2) is 4.14. The van der Waals surface area contributed by atoms with Crippen LogP contribution in [0.25, 0.3) is 11.3 Å². The van der Waals surface area contributed by atoms with Gasteiger partial charge in [0.05, 0.1) is 6.42 Å². The van der Waals surface area contributed by atoms with E-state index in [0.29, 0.717) is 5.56 Å². The number of rotatable bonds is 3. The Hall–Kier alpha value is -2.17. The summed E-state index contributed by atoms with van der Waals surface area (Å²) in [4.78, 5) is 10.6. The summed E-state index contributed by atoms with van der Waals surface area (Å²) < 4.78 is 18.1. The number of halogens is 1. The lowest BCUT2D eigenvalue weighted by Gasteiger charge is -2.00. The van der Waals surface area contributed by atoms with Gasteiger partial charge in [0.1, 0.15) is 17.8 Å². The maximum atomic E-state index is 13.4. The first-order chi connectivity index (χ1) is 7.68. The Morgan fingerprint density at radius 3 is 2.88 bits per heavy atom. The first-order valence-corrected chi connectivity index (χ1v) is 4.58. The molecule has 0 saturated carbocycles. The third-order valence-electron chi connectivity index (χ3n) is 2.11. The zero-order chi connectivity index (χ0) is 11.5. The highest BCUT2D eigenvalue weighted by Gasteiger charge is 2.15. The van der Waals surface area contributed by atoms with E-state index in [1.54, 1.807) is 12.1 Å². The van der Waals surface area contributed by atoms with Gasteiger partial charge in [0.25, 0.3) is 0 Å². The van der Waals surface area contributed by atoms with Crippen LogP contribution in [0.15, 0.2) is 35.1 Å². The van der Waals surface area contributed by atoms with Crippen LogP contribution in [0, 0.1) is 5.82 Å². The standard InChI is InChI=1S/C11H8FNO3/c12-9-4-2-1-3-8(9)11-7(5-10(14)15)6-16-13-11/h1-4,6H,5H2,(H,14,15). The third kappa shape index (κ3) is 1.93. The second-order valence-electron chi connectivity index (χ2n) is 3.24. The maximum absolute atomic E-state index is 13.4. The van der Waals surface area contributed by atoms with Crippen LogP contribution in [-0.2, 0) is 11.2 Å². The molecular formula is C11H8FNO3. The number of hydrogen-bond donors (Lipinski definition) is 1. The van der Waals surface area contributed by atoms with Crippen LogP contribution in [0.2, 0.25) is 0 Å². The van der Waals surface area contributed by atoms with Gasteiger partial charge < -0.3 is 9.63 Å². The summed E-state index contributed by atoms with van der Waals surface area (Å²) in [5.41, 5.74) is 0.839. The van der Waals surface area contributed by atoms with Gasteiger partial charge in [-0.3, -0.25) is 4.79 Å². The van der Waals surface area contributed by atoms with Crippen LogP contribution in [0.4, 0.5) is 4.39 Å². The van der Waals surface area contributed by atoms with Crippen molar-refractivity contribution in [2.75, 3.05) is 0 Å². The molecule has 0 aliphatic heterocycles. The molecule has 0 unspecified atom stereocenters. The van der Waals surface area contributed by atoms with E-state index in [4.69, 9.17) is 5.11 Å². The fourth-order valence-electron chi connectivity index (χ4n) is 1.42. The largest absolute Gasteiger partial charge is 0.481 e. The van der Waals surface area contributed by atoms with Crippen molar-refractivity contribution in [1.82, 2.24) is 5.16 Å². The second-order valence-corrected chi connectivity index (χ2v) is 3.24. The minimum atomic E-state index is -1.01. The van der Waals surface area contributed by atoms with Crippen molar-refractivity contribution in [3.8, 4) is 11.3 Å². The van der Waals surface area contributed by atoms with Gasteiger partial charge in [-0.05, 0) is 12.1 Å². The summed E-state index contributed by atoms with van der Waals surface area (Å²) in [7, 11) is 0. The van der Waals surface area contributed by atoms with Crippen molar-refractivity contribution in [2.24, 2.45) is 0 Å². The maximum Gasteiger partial charge on any atom is 0.308 e. The lowest BCUT2D eigenvalue weighted by atomic mass is 10.1. The van der Waals surface area contributed by atoms with E-state index < -0.39 is 11.8 Å². The molecule has 2 aromatic rings. The summed E-state index contributed by atoms with van der Waals surface area (Å²) in [5.74, 6) is -1.47. The predicted molar refractivity (Wildman–Crippen MR) is 53.2 cm³/mol. The average Bonchev–Trinajstić information content (AvgIpc) is 2.66. The first-order valence-electron chi connectivity index (χ1n) is 4.58. The molecule has 1 N–H and O–H groups in total. The molecule has 1 aromatic carbocycles. The summed E-state index contributed by atoms with van der Waals surface area (Å²) in [6.45, 7) is 0. The van der Waals surface area contributed by atoms with E-state index in [0.717, 1.165) is 0 Å². The molecule has 0 bridgehead atoms. The molecule has 16 heavy (non-hydrogen) atoms. The van der Waals surface area contributed by atoms with Gasteiger partial charge in [-0.15, -0.1) is 0 Å². The fourth-order valence-corrected chi connectivity index (χ4v) is 1.42. The number of nitrogens with zero attached hydrogens (tertiary/aromatic N) is 1. The van der Waals surface area contributed by atoms with Crippen LogP contribution in [0.5, 0.6) is 0 Å². The molecule has 0 aliphatic carbocycles. The van der Waals surface area contributed by atoms with E-state index in [9.17, 15) is 9.18 Å². The quantitative estimate of drug-likeness (QED) is 0.862. The third-order valence-corrected chi connectivity index (χ3v) is 2.11. The topological polar surface area (TPSA) is 63.3 Å². The average molecular weight is 221 g/mol. The van der Waals surface area contributed by atoms with E-state index >= 15 is 0 Å². The number of aliphatic carboxylic acids is 1. The summed E-state index contributed by atoms with van der Waals surface area (Å²) in [6.07, 6.45) is 0.975. The Labute approximate surface area is 90.3 Å². The number of carboxylic acid groups (broad SMARTS) is 1. The molecule has 0 saturated heterocycles. The Bertz CT molecular complexity index is 521. The normalized spacial score (nSPS) is 10.3. The molecule has 4 nitrogen and oxygen atoms in total. The Morgan fingerprint density at radius 2 is 2.19 bits per heavy atom. The van der Waals surface area contributed by atoms with Gasteiger partial charge in [-0.1, -0.05) is 17.3 Å². The number of aromatic nitrogens is 1. The summed E-state index contributed by atoms with van der Waals surface area (Å²) >= 11 is 0. The van der Waals surface area contributed by atoms with Gasteiger partial charge >= 0.3 is 5.97 Å². The number of hydrogen-bond acceptors (Lipinski definition) is 3. The first kappa shape index (κ1) is 10.4. The molecule has 1 heterocycles. The zero-order valence-electron chi connectivity index (χ0n) is 8.18. The van der Waals surface area contributed by atoms with E-state index in [2.05, 4.69) is 9.68 Å². The lowest BCUT2D eigenvalue weighted by molar-refractivity contribution is -0.136. The van der Waals surface area contributed by atoms with Crippen LogP contribution < -0.4 is 0 Å². The predicted octanol–water partition coefficient (Wildman–Crippen LogP) is 2.11. The fraction of sp³-hybridized carbons (Fsp3) is 0.0909. The van der Waals surface area contributed by atoms with Crippen molar-refractivity contribution in [2.45, 2.75) is 6.42 Å². The number of benzene rings is 1. The van der Waals surface area contributed by atoms with Crippen LogP contribution in [-0.4, -0.2) is 16.2 Å². The molecule has 1 aromatic heterocycles. The SMILES string of the molecule is O=C(O)Cc1conc1-c1ccccc1F. The van der Waals surface area contributed by atoms with Crippen LogP contribution >= 0.6 is 0 Å². The highest BCUT2D eigenvalue weighted by atomic mass is 19.1. The Kier molecular flexibility index (Phi) is 2.68. The highest BCUT2D eigenvalue weighted by Crippen LogP contribution is 2.24. The zero-order valence-corrected chi connectivity index (χ0v) is 8.18.